The Labute approximate surface area is 168 Å². The second-order valence-corrected chi connectivity index (χ2v) is 7.35. The van der Waals surface area contributed by atoms with E-state index in [2.05, 4.69) is 27.9 Å². The minimum atomic E-state index is -0.799. The summed E-state index contributed by atoms with van der Waals surface area (Å²) in [6, 6.07) is 20.3. The standard InChI is InChI=1S/C21H28N2O.HI/c1-17(2)23(3,4)16-15-21(20(22)24,18-11-7-5-8-12-18)19-13-9-6-10-14-19;/h5-14,17H,15-16H2,1-4H3,(H-,22,24);1H. The van der Waals surface area contributed by atoms with Gasteiger partial charge < -0.3 is 34.2 Å². The van der Waals surface area contributed by atoms with E-state index >= 15 is 0 Å². The van der Waals surface area contributed by atoms with Gasteiger partial charge in [-0.1, -0.05) is 60.7 Å². The Kier molecular flexibility index (Phi) is 7.62. The van der Waals surface area contributed by atoms with Crippen LogP contribution < -0.4 is 29.7 Å². The first kappa shape index (κ1) is 21.6. The van der Waals surface area contributed by atoms with Crippen molar-refractivity contribution in [1.82, 2.24) is 0 Å². The van der Waals surface area contributed by atoms with E-state index in [-0.39, 0.29) is 29.9 Å². The highest BCUT2D eigenvalue weighted by Crippen LogP contribution is 2.36. The van der Waals surface area contributed by atoms with Gasteiger partial charge in [-0.05, 0) is 25.0 Å². The predicted octanol–water partition coefficient (Wildman–Crippen LogP) is 0.337. The van der Waals surface area contributed by atoms with Crippen LogP contribution in [0.5, 0.6) is 0 Å². The molecule has 0 radical (unpaired) electrons. The molecule has 0 bridgehead atoms. The average Bonchev–Trinajstić information content (AvgIpc) is 2.57. The fraction of sp³-hybridized carbons (Fsp3) is 0.381. The Morgan fingerprint density at radius 3 is 1.68 bits per heavy atom. The second-order valence-electron chi connectivity index (χ2n) is 7.35. The SMILES string of the molecule is CC(C)[N+](C)(C)CCC(C(N)=O)(c1ccccc1)c1ccccc1.[I-]. The van der Waals surface area contributed by atoms with Crippen molar-refractivity contribution < 1.29 is 33.3 Å². The molecule has 4 heteroatoms. The summed E-state index contributed by atoms with van der Waals surface area (Å²) in [5.74, 6) is -0.288. The minimum Gasteiger partial charge on any atom is -1.00 e. The van der Waals surface area contributed by atoms with Gasteiger partial charge in [-0.25, -0.2) is 0 Å². The van der Waals surface area contributed by atoms with E-state index in [9.17, 15) is 4.79 Å². The van der Waals surface area contributed by atoms with Crippen LogP contribution in [0.4, 0.5) is 0 Å². The third kappa shape index (κ3) is 4.61. The molecular weight excluding hydrogens is 423 g/mol. The molecule has 0 saturated heterocycles. The minimum absolute atomic E-state index is 0. The molecule has 0 aliphatic rings. The summed E-state index contributed by atoms with van der Waals surface area (Å²) < 4.78 is 0.842. The maximum absolute atomic E-state index is 12.7. The first-order chi connectivity index (χ1) is 11.3. The van der Waals surface area contributed by atoms with Crippen molar-refractivity contribution in [2.45, 2.75) is 31.7 Å². The van der Waals surface area contributed by atoms with Crippen LogP contribution in [-0.4, -0.2) is 37.1 Å². The number of benzene rings is 2. The number of primary amides is 1. The number of amides is 1. The summed E-state index contributed by atoms with van der Waals surface area (Å²) in [7, 11) is 4.40. The van der Waals surface area contributed by atoms with Crippen LogP contribution in [0.2, 0.25) is 0 Å². The Morgan fingerprint density at radius 2 is 1.36 bits per heavy atom. The lowest BCUT2D eigenvalue weighted by molar-refractivity contribution is -0.911. The highest BCUT2D eigenvalue weighted by molar-refractivity contribution is 5.90. The third-order valence-electron chi connectivity index (χ3n) is 5.41. The summed E-state index contributed by atoms with van der Waals surface area (Å²) >= 11 is 0. The molecular formula is C21H29IN2O. The van der Waals surface area contributed by atoms with E-state index < -0.39 is 5.41 Å². The third-order valence-corrected chi connectivity index (χ3v) is 5.41. The zero-order valence-corrected chi connectivity index (χ0v) is 17.7. The number of quaternary nitrogens is 1. The highest BCUT2D eigenvalue weighted by Gasteiger charge is 2.42. The lowest BCUT2D eigenvalue weighted by Gasteiger charge is -2.39. The fourth-order valence-electron chi connectivity index (χ4n) is 3.02. The number of carbonyl (C=O) groups excluding carboxylic acids is 1. The Bertz CT molecular complexity index is 629. The molecule has 0 atom stereocenters. The van der Waals surface area contributed by atoms with Gasteiger partial charge in [0.1, 0.15) is 5.41 Å². The van der Waals surface area contributed by atoms with Crippen molar-refractivity contribution in [3.63, 3.8) is 0 Å². The molecule has 2 rings (SSSR count). The molecule has 2 aromatic rings. The van der Waals surface area contributed by atoms with Gasteiger partial charge in [0.05, 0.1) is 26.7 Å². The van der Waals surface area contributed by atoms with Gasteiger partial charge in [0.15, 0.2) is 0 Å². The summed E-state index contributed by atoms with van der Waals surface area (Å²) in [5.41, 5.74) is 7.13. The molecule has 0 heterocycles. The van der Waals surface area contributed by atoms with E-state index in [4.69, 9.17) is 5.73 Å². The van der Waals surface area contributed by atoms with Gasteiger partial charge in [0.2, 0.25) is 5.91 Å². The van der Waals surface area contributed by atoms with Crippen molar-refractivity contribution >= 4 is 5.91 Å². The zero-order valence-electron chi connectivity index (χ0n) is 15.6. The average molecular weight is 452 g/mol. The molecule has 0 saturated carbocycles. The van der Waals surface area contributed by atoms with Gasteiger partial charge in [-0.2, -0.15) is 0 Å². The number of hydrogen-bond donors (Lipinski definition) is 1. The van der Waals surface area contributed by atoms with Crippen molar-refractivity contribution in [1.29, 1.82) is 0 Å². The highest BCUT2D eigenvalue weighted by atomic mass is 127. The Morgan fingerprint density at radius 1 is 0.960 bits per heavy atom. The van der Waals surface area contributed by atoms with Crippen LogP contribution in [0.15, 0.2) is 60.7 Å². The van der Waals surface area contributed by atoms with Crippen LogP contribution in [0.25, 0.3) is 0 Å². The van der Waals surface area contributed by atoms with Crippen molar-refractivity contribution in [2.24, 2.45) is 5.73 Å². The normalized spacial score (nSPS) is 11.9. The molecule has 3 nitrogen and oxygen atoms in total. The molecule has 1 amide bonds. The molecule has 0 aliphatic heterocycles. The van der Waals surface area contributed by atoms with E-state index in [1.165, 1.54) is 0 Å². The number of rotatable bonds is 7. The van der Waals surface area contributed by atoms with Crippen molar-refractivity contribution in [3.05, 3.63) is 71.8 Å². The van der Waals surface area contributed by atoms with Crippen LogP contribution in [0.3, 0.4) is 0 Å². The molecule has 0 fully saturated rings. The molecule has 0 spiro atoms. The molecule has 25 heavy (non-hydrogen) atoms. The van der Waals surface area contributed by atoms with Crippen LogP contribution in [-0.2, 0) is 10.2 Å². The van der Waals surface area contributed by atoms with Crippen LogP contribution >= 0.6 is 0 Å². The molecule has 2 aromatic carbocycles. The van der Waals surface area contributed by atoms with E-state index in [0.717, 1.165) is 22.2 Å². The van der Waals surface area contributed by atoms with E-state index in [0.29, 0.717) is 12.5 Å². The van der Waals surface area contributed by atoms with Gasteiger partial charge in [0, 0.05) is 6.42 Å². The number of nitrogens with two attached hydrogens (primary N) is 1. The first-order valence-corrected chi connectivity index (χ1v) is 8.54. The predicted molar refractivity (Wildman–Crippen MR) is 99.6 cm³/mol. The number of halogens is 1. The topological polar surface area (TPSA) is 43.1 Å². The molecule has 136 valence electrons. The van der Waals surface area contributed by atoms with Gasteiger partial charge in [0.25, 0.3) is 0 Å². The van der Waals surface area contributed by atoms with Gasteiger partial charge in [-0.15, -0.1) is 0 Å². The maximum Gasteiger partial charge on any atom is 0.232 e. The van der Waals surface area contributed by atoms with Crippen molar-refractivity contribution in [3.8, 4) is 0 Å². The fourth-order valence-corrected chi connectivity index (χ4v) is 3.02. The molecule has 0 unspecified atom stereocenters. The largest absolute Gasteiger partial charge is 1.00 e. The summed E-state index contributed by atoms with van der Waals surface area (Å²) in [6.07, 6.45) is 0.682. The lowest BCUT2D eigenvalue weighted by Crippen LogP contribution is -3.00. The van der Waals surface area contributed by atoms with Crippen LogP contribution in [0, 0.1) is 0 Å². The zero-order chi connectivity index (χ0) is 17.8. The summed E-state index contributed by atoms with van der Waals surface area (Å²) in [4.78, 5) is 12.7. The summed E-state index contributed by atoms with van der Waals surface area (Å²) in [6.45, 7) is 5.28. The number of hydrogen-bond acceptors (Lipinski definition) is 1. The molecule has 2 N–H and O–H groups in total. The van der Waals surface area contributed by atoms with E-state index in [1.54, 1.807) is 0 Å². The quantitative estimate of drug-likeness (QED) is 0.478. The lowest BCUT2D eigenvalue weighted by atomic mass is 9.71. The van der Waals surface area contributed by atoms with Gasteiger partial charge >= 0.3 is 0 Å². The smallest absolute Gasteiger partial charge is 0.232 e. The Hall–Kier alpha value is -1.40. The maximum atomic E-state index is 12.7. The molecule has 0 aromatic heterocycles. The number of nitrogens with zero attached hydrogens (tertiary/aromatic N) is 1. The van der Waals surface area contributed by atoms with Gasteiger partial charge in [-0.3, -0.25) is 4.79 Å². The number of carbonyl (C=O) groups is 1. The Balaban J connectivity index is 0.00000312. The molecule has 0 aliphatic carbocycles. The first-order valence-electron chi connectivity index (χ1n) is 8.54. The monoisotopic (exact) mass is 452 g/mol. The van der Waals surface area contributed by atoms with Crippen molar-refractivity contribution in [2.75, 3.05) is 20.6 Å². The summed E-state index contributed by atoms with van der Waals surface area (Å²) in [5, 5.41) is 0. The second kappa shape index (κ2) is 8.81. The van der Waals surface area contributed by atoms with E-state index in [1.807, 2.05) is 60.7 Å². The van der Waals surface area contributed by atoms with Crippen LogP contribution in [0.1, 0.15) is 31.4 Å².